The Morgan fingerprint density at radius 2 is 1.97 bits per heavy atom. The van der Waals surface area contributed by atoms with E-state index in [1.165, 1.54) is 11.8 Å². The van der Waals surface area contributed by atoms with Crippen LogP contribution in [0.5, 0.6) is 17.2 Å². The van der Waals surface area contributed by atoms with Crippen molar-refractivity contribution in [1.29, 1.82) is 0 Å². The third kappa shape index (κ3) is 5.44. The van der Waals surface area contributed by atoms with Gasteiger partial charge in [0, 0.05) is 6.42 Å². The first-order valence-electron chi connectivity index (χ1n) is 11.2. The second-order valence-corrected chi connectivity index (χ2v) is 9.33. The van der Waals surface area contributed by atoms with Gasteiger partial charge >= 0.3 is 0 Å². The lowest BCUT2D eigenvalue weighted by Gasteiger charge is -2.24. The van der Waals surface area contributed by atoms with Crippen molar-refractivity contribution in [2.75, 3.05) is 26.1 Å². The maximum absolute atomic E-state index is 12.9. The van der Waals surface area contributed by atoms with Crippen molar-refractivity contribution in [2.24, 2.45) is 5.92 Å². The number of hydrogen-bond donors (Lipinski definition) is 1. The van der Waals surface area contributed by atoms with Crippen molar-refractivity contribution in [2.45, 2.75) is 38.4 Å². The Kier molecular flexibility index (Phi) is 7.56. The number of aromatic nitrogens is 4. The second kappa shape index (κ2) is 10.8. The molecule has 1 N–H and O–H groups in total. The highest BCUT2D eigenvalue weighted by Crippen LogP contribution is 2.34. The second-order valence-electron chi connectivity index (χ2n) is 8.38. The van der Waals surface area contributed by atoms with Gasteiger partial charge in [-0.25, -0.2) is 0 Å². The minimum absolute atomic E-state index is 0.110. The summed E-state index contributed by atoms with van der Waals surface area (Å²) in [6, 6.07) is 11.5. The number of methoxy groups -OCH3 is 1. The molecule has 34 heavy (non-hydrogen) atoms. The van der Waals surface area contributed by atoms with Crippen LogP contribution in [0.2, 0.25) is 0 Å². The number of nitrogens with one attached hydrogen (secondary N) is 1. The van der Waals surface area contributed by atoms with Gasteiger partial charge in [-0.1, -0.05) is 37.7 Å². The summed E-state index contributed by atoms with van der Waals surface area (Å²) in [5, 5.41) is 15.7. The number of aryl methyl sites for hydroxylation is 1. The van der Waals surface area contributed by atoms with Crippen molar-refractivity contribution in [3.05, 3.63) is 47.5 Å². The van der Waals surface area contributed by atoms with Gasteiger partial charge < -0.3 is 19.5 Å². The van der Waals surface area contributed by atoms with Crippen LogP contribution in [0.4, 0.5) is 0 Å². The third-order valence-electron chi connectivity index (χ3n) is 5.45. The number of ether oxygens (including phenoxy) is 3. The average Bonchev–Trinajstić information content (AvgIpc) is 3.17. The molecule has 9 nitrogen and oxygen atoms in total. The molecular formula is C24H29N5O4S. The number of carbonyl (C=O) groups is 1. The van der Waals surface area contributed by atoms with Gasteiger partial charge in [0.1, 0.15) is 11.4 Å². The number of hydrogen-bond acceptors (Lipinski definition) is 8. The summed E-state index contributed by atoms with van der Waals surface area (Å²) in [7, 11) is 1.60. The smallest absolute Gasteiger partial charge is 0.230 e. The molecular weight excluding hydrogens is 454 g/mol. The number of rotatable bonds is 8. The summed E-state index contributed by atoms with van der Waals surface area (Å²) in [5.74, 6) is 2.35. The molecule has 1 aliphatic rings. The standard InChI is InChI=1S/C24H29N5O4S/c1-15(2)23(17-7-9-20-21(13-17)33-11-5-10-32-20)25-22(30)14-34-24-26-27-28-29(24)18-12-16(3)6-8-19(18)31-4/h6-9,12-13,15,23H,5,10-11,14H2,1-4H3,(H,25,30). The fourth-order valence-corrected chi connectivity index (χ4v) is 4.43. The molecule has 2 aromatic carbocycles. The molecule has 1 aliphatic heterocycles. The van der Waals surface area contributed by atoms with Gasteiger partial charge in [-0.05, 0) is 58.7 Å². The SMILES string of the molecule is COc1ccc(C)cc1-n1nnnc1SCC(=O)NC(c1ccc2c(c1)OCCCO2)C(C)C. The van der Waals surface area contributed by atoms with Crippen LogP contribution in [-0.2, 0) is 4.79 Å². The number of nitrogens with zero attached hydrogens (tertiary/aromatic N) is 4. The lowest BCUT2D eigenvalue weighted by Crippen LogP contribution is -2.33. The first kappa shape index (κ1) is 23.9. The van der Waals surface area contributed by atoms with Gasteiger partial charge in [0.05, 0.1) is 32.1 Å². The number of tetrazole rings is 1. The number of fused-ring (bicyclic) bond motifs is 1. The number of thioether (sulfide) groups is 1. The first-order valence-corrected chi connectivity index (χ1v) is 12.2. The third-order valence-corrected chi connectivity index (χ3v) is 6.37. The van der Waals surface area contributed by atoms with E-state index in [2.05, 4.69) is 34.7 Å². The zero-order valence-electron chi connectivity index (χ0n) is 19.8. The zero-order chi connectivity index (χ0) is 24.1. The summed E-state index contributed by atoms with van der Waals surface area (Å²) in [5.41, 5.74) is 2.75. The van der Waals surface area contributed by atoms with Crippen LogP contribution < -0.4 is 19.5 Å². The van der Waals surface area contributed by atoms with E-state index in [-0.39, 0.29) is 23.6 Å². The Morgan fingerprint density at radius 3 is 2.74 bits per heavy atom. The van der Waals surface area contributed by atoms with Crippen LogP contribution in [-0.4, -0.2) is 52.2 Å². The Labute approximate surface area is 203 Å². The average molecular weight is 484 g/mol. The van der Waals surface area contributed by atoms with Crippen LogP contribution in [0, 0.1) is 12.8 Å². The highest BCUT2D eigenvalue weighted by atomic mass is 32.2. The van der Waals surface area contributed by atoms with Gasteiger partial charge in [0.15, 0.2) is 11.5 Å². The molecule has 0 saturated heterocycles. The molecule has 10 heteroatoms. The van der Waals surface area contributed by atoms with E-state index in [9.17, 15) is 4.79 Å². The maximum atomic E-state index is 12.9. The van der Waals surface area contributed by atoms with Crippen LogP contribution in [0.3, 0.4) is 0 Å². The normalized spacial score (nSPS) is 13.9. The molecule has 1 atom stereocenters. The monoisotopic (exact) mass is 483 g/mol. The summed E-state index contributed by atoms with van der Waals surface area (Å²) in [4.78, 5) is 12.9. The lowest BCUT2D eigenvalue weighted by molar-refractivity contribution is -0.119. The molecule has 1 amide bonds. The van der Waals surface area contributed by atoms with Gasteiger partial charge in [-0.15, -0.1) is 5.10 Å². The quantitative estimate of drug-likeness (QED) is 0.484. The molecule has 1 unspecified atom stereocenters. The Bertz CT molecular complexity index is 1150. The van der Waals surface area contributed by atoms with Gasteiger partial charge in [-0.2, -0.15) is 4.68 Å². The van der Waals surface area contributed by atoms with Gasteiger partial charge in [-0.3, -0.25) is 4.79 Å². The topological polar surface area (TPSA) is 100 Å². The minimum atomic E-state index is -0.168. The predicted octanol–water partition coefficient (Wildman–Crippen LogP) is 3.75. The molecule has 3 aromatic rings. The van der Waals surface area contributed by atoms with Crippen LogP contribution >= 0.6 is 11.8 Å². The van der Waals surface area contributed by atoms with Crippen LogP contribution in [0.1, 0.15) is 37.4 Å². The highest BCUT2D eigenvalue weighted by Gasteiger charge is 2.22. The van der Waals surface area contributed by atoms with Gasteiger partial charge in [0.2, 0.25) is 11.1 Å². The number of benzene rings is 2. The molecule has 180 valence electrons. The number of amides is 1. The highest BCUT2D eigenvalue weighted by molar-refractivity contribution is 7.99. The van der Waals surface area contributed by atoms with E-state index < -0.39 is 0 Å². The summed E-state index contributed by atoms with van der Waals surface area (Å²) in [6.45, 7) is 7.39. The predicted molar refractivity (Wildman–Crippen MR) is 129 cm³/mol. The van der Waals surface area contributed by atoms with Crippen molar-refractivity contribution in [3.63, 3.8) is 0 Å². The summed E-state index contributed by atoms with van der Waals surface area (Å²) in [6.07, 6.45) is 0.847. The molecule has 4 rings (SSSR count). The van der Waals surface area contributed by atoms with Crippen molar-refractivity contribution < 1.29 is 19.0 Å². The first-order chi connectivity index (χ1) is 16.5. The largest absolute Gasteiger partial charge is 0.494 e. The molecule has 0 bridgehead atoms. The van der Waals surface area contributed by atoms with Crippen molar-refractivity contribution in [1.82, 2.24) is 25.5 Å². The van der Waals surface area contributed by atoms with Gasteiger partial charge in [0.25, 0.3) is 0 Å². The van der Waals surface area contributed by atoms with Crippen LogP contribution in [0.15, 0.2) is 41.6 Å². The van der Waals surface area contributed by atoms with Crippen LogP contribution in [0.25, 0.3) is 5.69 Å². The zero-order valence-corrected chi connectivity index (χ0v) is 20.6. The van der Waals surface area contributed by atoms with E-state index in [0.717, 1.165) is 34.7 Å². The number of carbonyl (C=O) groups excluding carboxylic acids is 1. The minimum Gasteiger partial charge on any atom is -0.494 e. The molecule has 1 aromatic heterocycles. The van der Waals surface area contributed by atoms with E-state index in [1.54, 1.807) is 11.8 Å². The Balaban J connectivity index is 1.45. The summed E-state index contributed by atoms with van der Waals surface area (Å²) < 4.78 is 18.6. The molecule has 2 heterocycles. The van der Waals surface area contributed by atoms with Crippen molar-refractivity contribution in [3.8, 4) is 22.9 Å². The van der Waals surface area contributed by atoms with Crippen molar-refractivity contribution >= 4 is 17.7 Å². The lowest BCUT2D eigenvalue weighted by atomic mass is 9.95. The Hall–Kier alpha value is -3.27. The molecule has 0 fully saturated rings. The molecule has 0 aliphatic carbocycles. The van der Waals surface area contributed by atoms with E-state index in [0.29, 0.717) is 24.1 Å². The maximum Gasteiger partial charge on any atom is 0.230 e. The molecule has 0 radical (unpaired) electrons. The van der Waals surface area contributed by atoms with E-state index >= 15 is 0 Å². The summed E-state index contributed by atoms with van der Waals surface area (Å²) >= 11 is 1.27. The fraction of sp³-hybridized carbons (Fsp3) is 0.417. The molecule has 0 spiro atoms. The molecule has 0 saturated carbocycles. The Morgan fingerprint density at radius 1 is 1.18 bits per heavy atom. The fourth-order valence-electron chi connectivity index (χ4n) is 3.74. The van der Waals surface area contributed by atoms with E-state index in [1.807, 2.05) is 43.3 Å². The van der Waals surface area contributed by atoms with E-state index in [4.69, 9.17) is 14.2 Å².